The summed E-state index contributed by atoms with van der Waals surface area (Å²) in [4.78, 5) is 22.6. The molecule has 1 rings (SSSR count). The standard InChI is InChI=1S/C15H21NO3/c1-3-4-10-15(17)12(2)14(11-16(18)19)13-8-6-5-7-9-13/h5-9,12,14H,3-4,10-11H2,1-2H3/t12-,14-/m0/s1. The van der Waals surface area contributed by atoms with Crippen LogP contribution in [-0.2, 0) is 4.79 Å². The molecule has 0 N–H and O–H groups in total. The Kier molecular flexibility index (Phi) is 6.19. The summed E-state index contributed by atoms with van der Waals surface area (Å²) in [5.41, 5.74) is 0.872. The van der Waals surface area contributed by atoms with Crippen molar-refractivity contribution in [3.63, 3.8) is 0 Å². The molecule has 0 aromatic heterocycles. The number of ketones is 1. The molecule has 0 fully saturated rings. The summed E-state index contributed by atoms with van der Waals surface area (Å²) in [6.45, 7) is 3.64. The predicted octanol–water partition coefficient (Wildman–Crippen LogP) is 3.44. The Morgan fingerprint density at radius 3 is 2.47 bits per heavy atom. The van der Waals surface area contributed by atoms with Crippen molar-refractivity contribution in [2.24, 2.45) is 5.92 Å². The van der Waals surface area contributed by atoms with Crippen LogP contribution in [0.1, 0.15) is 44.6 Å². The van der Waals surface area contributed by atoms with E-state index in [9.17, 15) is 14.9 Å². The second-order valence-electron chi connectivity index (χ2n) is 4.89. The molecule has 1 aromatic carbocycles. The average molecular weight is 263 g/mol. The first kappa shape index (κ1) is 15.3. The largest absolute Gasteiger partial charge is 0.299 e. The van der Waals surface area contributed by atoms with Gasteiger partial charge in [-0.2, -0.15) is 0 Å². The van der Waals surface area contributed by atoms with Crippen LogP contribution in [0.3, 0.4) is 0 Å². The topological polar surface area (TPSA) is 60.2 Å². The number of nitro groups is 1. The quantitative estimate of drug-likeness (QED) is 0.533. The summed E-state index contributed by atoms with van der Waals surface area (Å²) in [5.74, 6) is -0.516. The normalized spacial score (nSPS) is 13.8. The minimum absolute atomic E-state index is 0.123. The summed E-state index contributed by atoms with van der Waals surface area (Å²) in [5, 5.41) is 10.8. The van der Waals surface area contributed by atoms with E-state index in [0.717, 1.165) is 18.4 Å². The monoisotopic (exact) mass is 263 g/mol. The van der Waals surface area contributed by atoms with Gasteiger partial charge in [-0.3, -0.25) is 14.9 Å². The van der Waals surface area contributed by atoms with Crippen molar-refractivity contribution in [2.75, 3.05) is 6.54 Å². The predicted molar refractivity (Wildman–Crippen MR) is 74.7 cm³/mol. The van der Waals surface area contributed by atoms with Crippen LogP contribution in [0, 0.1) is 16.0 Å². The van der Waals surface area contributed by atoms with Gasteiger partial charge >= 0.3 is 0 Å². The Morgan fingerprint density at radius 1 is 1.32 bits per heavy atom. The zero-order valence-electron chi connectivity index (χ0n) is 11.5. The van der Waals surface area contributed by atoms with Gasteiger partial charge in [0.05, 0.1) is 5.92 Å². The van der Waals surface area contributed by atoms with Crippen LogP contribution in [-0.4, -0.2) is 17.3 Å². The maximum atomic E-state index is 12.1. The number of nitrogens with zero attached hydrogens (tertiary/aromatic N) is 1. The average Bonchev–Trinajstić information content (AvgIpc) is 2.42. The summed E-state index contributed by atoms with van der Waals surface area (Å²) in [7, 11) is 0. The molecule has 0 radical (unpaired) electrons. The van der Waals surface area contributed by atoms with E-state index < -0.39 is 0 Å². The number of rotatable bonds is 8. The Labute approximate surface area is 114 Å². The van der Waals surface area contributed by atoms with Crippen LogP contribution in [0.25, 0.3) is 0 Å². The fraction of sp³-hybridized carbons (Fsp3) is 0.533. The SMILES string of the molecule is CCCCC(=O)[C@@H](C)[C@H](C[N+](=O)[O-])c1ccccc1. The molecule has 4 nitrogen and oxygen atoms in total. The summed E-state index contributed by atoms with van der Waals surface area (Å²) < 4.78 is 0. The number of hydrogen-bond acceptors (Lipinski definition) is 3. The highest BCUT2D eigenvalue weighted by atomic mass is 16.6. The molecule has 1 aromatic rings. The third-order valence-corrected chi connectivity index (χ3v) is 3.46. The van der Waals surface area contributed by atoms with E-state index in [0.29, 0.717) is 6.42 Å². The molecular weight excluding hydrogens is 242 g/mol. The zero-order chi connectivity index (χ0) is 14.3. The summed E-state index contributed by atoms with van der Waals surface area (Å²) >= 11 is 0. The molecule has 0 amide bonds. The fourth-order valence-electron chi connectivity index (χ4n) is 2.22. The Bertz CT molecular complexity index is 417. The van der Waals surface area contributed by atoms with Gasteiger partial charge in [-0.05, 0) is 12.0 Å². The van der Waals surface area contributed by atoms with E-state index in [-0.39, 0.29) is 29.1 Å². The number of benzene rings is 1. The molecule has 0 saturated carbocycles. The second kappa shape index (κ2) is 7.67. The highest BCUT2D eigenvalue weighted by Gasteiger charge is 2.28. The lowest BCUT2D eigenvalue weighted by atomic mass is 9.83. The van der Waals surface area contributed by atoms with E-state index in [4.69, 9.17) is 0 Å². The van der Waals surface area contributed by atoms with Crippen molar-refractivity contribution in [1.29, 1.82) is 0 Å². The van der Waals surface area contributed by atoms with Crippen LogP contribution in [0.15, 0.2) is 30.3 Å². The number of Topliss-reactive ketones (excluding diaryl/α,β-unsaturated/α-hetero) is 1. The zero-order valence-corrected chi connectivity index (χ0v) is 11.5. The second-order valence-corrected chi connectivity index (χ2v) is 4.89. The molecule has 0 spiro atoms. The van der Waals surface area contributed by atoms with Crippen LogP contribution >= 0.6 is 0 Å². The number of hydrogen-bond donors (Lipinski definition) is 0. The first-order valence-corrected chi connectivity index (χ1v) is 6.75. The molecule has 0 unspecified atom stereocenters. The molecular formula is C15H21NO3. The molecule has 19 heavy (non-hydrogen) atoms. The highest BCUT2D eigenvalue weighted by Crippen LogP contribution is 2.26. The van der Waals surface area contributed by atoms with E-state index in [1.807, 2.05) is 37.3 Å². The van der Waals surface area contributed by atoms with Crippen LogP contribution in [0.5, 0.6) is 0 Å². The van der Waals surface area contributed by atoms with E-state index in [1.165, 1.54) is 0 Å². The minimum atomic E-state index is -0.333. The maximum Gasteiger partial charge on any atom is 0.211 e. The third-order valence-electron chi connectivity index (χ3n) is 3.46. The fourth-order valence-corrected chi connectivity index (χ4v) is 2.22. The van der Waals surface area contributed by atoms with Crippen molar-refractivity contribution in [2.45, 2.75) is 39.0 Å². The van der Waals surface area contributed by atoms with Gasteiger partial charge in [0.1, 0.15) is 5.78 Å². The van der Waals surface area contributed by atoms with Crippen LogP contribution in [0.4, 0.5) is 0 Å². The first-order valence-electron chi connectivity index (χ1n) is 6.75. The number of carbonyl (C=O) groups excluding carboxylic acids is 1. The Hall–Kier alpha value is -1.71. The maximum absolute atomic E-state index is 12.1. The van der Waals surface area contributed by atoms with Gasteiger partial charge in [-0.25, -0.2) is 0 Å². The first-order chi connectivity index (χ1) is 9.06. The molecule has 0 saturated heterocycles. The van der Waals surface area contributed by atoms with Gasteiger partial charge in [0.25, 0.3) is 0 Å². The molecule has 0 bridgehead atoms. The van der Waals surface area contributed by atoms with Gasteiger partial charge in [-0.15, -0.1) is 0 Å². The number of unbranched alkanes of at least 4 members (excludes halogenated alkanes) is 1. The van der Waals surface area contributed by atoms with Gasteiger partial charge in [0.2, 0.25) is 6.54 Å². The van der Waals surface area contributed by atoms with Crippen molar-refractivity contribution in [3.05, 3.63) is 46.0 Å². The van der Waals surface area contributed by atoms with Crippen molar-refractivity contribution >= 4 is 5.78 Å². The Morgan fingerprint density at radius 2 is 1.95 bits per heavy atom. The van der Waals surface area contributed by atoms with Gasteiger partial charge in [-0.1, -0.05) is 50.6 Å². The van der Waals surface area contributed by atoms with Crippen molar-refractivity contribution in [1.82, 2.24) is 0 Å². The lowest BCUT2D eigenvalue weighted by Crippen LogP contribution is -2.25. The lowest BCUT2D eigenvalue weighted by molar-refractivity contribution is -0.484. The Balaban J connectivity index is 2.85. The van der Waals surface area contributed by atoms with E-state index >= 15 is 0 Å². The minimum Gasteiger partial charge on any atom is -0.299 e. The van der Waals surface area contributed by atoms with E-state index in [1.54, 1.807) is 6.92 Å². The molecule has 0 aliphatic carbocycles. The summed E-state index contributed by atoms with van der Waals surface area (Å²) in [6.07, 6.45) is 2.32. The molecule has 104 valence electrons. The van der Waals surface area contributed by atoms with Crippen LogP contribution in [0.2, 0.25) is 0 Å². The van der Waals surface area contributed by atoms with Gasteiger partial charge < -0.3 is 0 Å². The van der Waals surface area contributed by atoms with Crippen molar-refractivity contribution in [3.8, 4) is 0 Å². The highest BCUT2D eigenvalue weighted by molar-refractivity contribution is 5.81. The lowest BCUT2D eigenvalue weighted by Gasteiger charge is -2.20. The molecule has 4 heteroatoms. The van der Waals surface area contributed by atoms with Gasteiger partial charge in [0.15, 0.2) is 0 Å². The van der Waals surface area contributed by atoms with Gasteiger partial charge in [0, 0.05) is 17.3 Å². The number of carbonyl (C=O) groups is 1. The molecule has 0 aliphatic heterocycles. The van der Waals surface area contributed by atoms with E-state index in [2.05, 4.69) is 0 Å². The molecule has 0 aliphatic rings. The molecule has 0 heterocycles. The smallest absolute Gasteiger partial charge is 0.211 e. The molecule has 2 atom stereocenters. The van der Waals surface area contributed by atoms with Crippen LogP contribution < -0.4 is 0 Å². The van der Waals surface area contributed by atoms with Crippen molar-refractivity contribution < 1.29 is 9.72 Å². The summed E-state index contributed by atoms with van der Waals surface area (Å²) in [6, 6.07) is 9.29. The third kappa shape index (κ3) is 4.81.